The number of rotatable bonds is 38. The van der Waals surface area contributed by atoms with Crippen molar-refractivity contribution in [3.05, 3.63) is 36.5 Å². The maximum atomic E-state index is 12.7. The van der Waals surface area contributed by atoms with E-state index in [0.29, 0.717) is 12.8 Å². The normalized spacial score (nSPS) is 14.6. The van der Waals surface area contributed by atoms with Gasteiger partial charge in [0.05, 0.1) is 25.4 Å². The molecule has 0 bridgehead atoms. The van der Waals surface area contributed by atoms with Gasteiger partial charge < -0.3 is 21.1 Å². The number of carbonyl (C=O) groups excluding carboxylic acids is 1. The number of carbonyl (C=O) groups is 1. The molecular weight excluding hydrogens is 647 g/mol. The van der Waals surface area contributed by atoms with Gasteiger partial charge in [-0.1, -0.05) is 172 Å². The van der Waals surface area contributed by atoms with Crippen LogP contribution in [0.15, 0.2) is 36.5 Å². The molecule has 3 unspecified atom stereocenters. The zero-order valence-corrected chi connectivity index (χ0v) is 33.3. The van der Waals surface area contributed by atoms with Crippen LogP contribution in [0.25, 0.3) is 0 Å². The molecule has 50 heavy (non-hydrogen) atoms. The van der Waals surface area contributed by atoms with Crippen molar-refractivity contribution in [2.24, 2.45) is 5.73 Å². The molecule has 0 rings (SSSR count). The highest BCUT2D eigenvalue weighted by Crippen LogP contribution is 2.43. The molecule has 9 heteroatoms. The second-order valence-corrected chi connectivity index (χ2v) is 15.3. The van der Waals surface area contributed by atoms with Crippen molar-refractivity contribution in [1.29, 1.82) is 0 Å². The fourth-order valence-corrected chi connectivity index (χ4v) is 6.67. The molecule has 8 nitrogen and oxygen atoms in total. The van der Waals surface area contributed by atoms with Gasteiger partial charge in [0.1, 0.15) is 0 Å². The smallest absolute Gasteiger partial charge is 0.391 e. The Balaban J connectivity index is 4.22. The molecule has 0 aliphatic heterocycles. The fraction of sp³-hybridized carbons (Fsp3) is 0.829. The molecule has 0 fully saturated rings. The minimum absolute atomic E-state index is 0.0850. The molecular formula is C41H79N2O6P. The van der Waals surface area contributed by atoms with Gasteiger partial charge in [-0.3, -0.25) is 13.8 Å². The molecule has 294 valence electrons. The average Bonchev–Trinajstić information content (AvgIpc) is 3.10. The first-order chi connectivity index (χ1) is 24.4. The van der Waals surface area contributed by atoms with Crippen LogP contribution in [0.2, 0.25) is 0 Å². The van der Waals surface area contributed by atoms with Crippen molar-refractivity contribution in [3.8, 4) is 0 Å². The van der Waals surface area contributed by atoms with E-state index in [2.05, 4.69) is 55.6 Å². The van der Waals surface area contributed by atoms with E-state index in [1.807, 2.05) is 0 Å². The maximum Gasteiger partial charge on any atom is 0.472 e. The van der Waals surface area contributed by atoms with Crippen LogP contribution in [0.1, 0.15) is 187 Å². The number of unbranched alkanes of at least 4 members (excludes halogenated alkanes) is 20. The predicted octanol–water partition coefficient (Wildman–Crippen LogP) is 11.2. The Hall–Kier alpha value is -1.28. The summed E-state index contributed by atoms with van der Waals surface area (Å²) in [4.78, 5) is 22.7. The van der Waals surface area contributed by atoms with Gasteiger partial charge in [0.2, 0.25) is 5.91 Å². The summed E-state index contributed by atoms with van der Waals surface area (Å²) < 4.78 is 22.1. The number of nitrogens with one attached hydrogen (secondary N) is 1. The number of hydrogen-bond donors (Lipinski definition) is 4. The van der Waals surface area contributed by atoms with E-state index < -0.39 is 20.0 Å². The molecule has 0 aromatic rings. The fourth-order valence-electron chi connectivity index (χ4n) is 5.92. The van der Waals surface area contributed by atoms with Crippen LogP contribution in [-0.2, 0) is 18.4 Å². The van der Waals surface area contributed by atoms with Gasteiger partial charge >= 0.3 is 7.82 Å². The zero-order valence-electron chi connectivity index (χ0n) is 32.4. The summed E-state index contributed by atoms with van der Waals surface area (Å²) in [5.74, 6) is -0.179. The van der Waals surface area contributed by atoms with Crippen molar-refractivity contribution in [3.63, 3.8) is 0 Å². The van der Waals surface area contributed by atoms with Crippen LogP contribution in [0.4, 0.5) is 0 Å². The summed E-state index contributed by atoms with van der Waals surface area (Å²) in [5.41, 5.74) is 5.37. The van der Waals surface area contributed by atoms with E-state index in [9.17, 15) is 19.4 Å². The Bertz CT molecular complexity index is 881. The van der Waals surface area contributed by atoms with Gasteiger partial charge in [0.25, 0.3) is 0 Å². The Kier molecular flexibility index (Phi) is 36.5. The second kappa shape index (κ2) is 37.5. The molecule has 5 N–H and O–H groups in total. The predicted molar refractivity (Wildman–Crippen MR) is 212 cm³/mol. The molecule has 0 saturated heterocycles. The highest BCUT2D eigenvalue weighted by molar-refractivity contribution is 7.47. The first-order valence-corrected chi connectivity index (χ1v) is 22.1. The number of phosphoric acid groups is 1. The molecule has 3 atom stereocenters. The summed E-state index contributed by atoms with van der Waals surface area (Å²) >= 11 is 0. The second-order valence-electron chi connectivity index (χ2n) is 13.8. The summed E-state index contributed by atoms with van der Waals surface area (Å²) in [6, 6.07) is -0.782. The van der Waals surface area contributed by atoms with E-state index in [1.54, 1.807) is 0 Å². The Morgan fingerprint density at radius 3 is 1.70 bits per heavy atom. The van der Waals surface area contributed by atoms with E-state index >= 15 is 0 Å². The van der Waals surface area contributed by atoms with Gasteiger partial charge in [0.15, 0.2) is 0 Å². The zero-order chi connectivity index (χ0) is 36.8. The van der Waals surface area contributed by atoms with Gasteiger partial charge in [0, 0.05) is 13.0 Å². The Labute approximate surface area is 308 Å². The van der Waals surface area contributed by atoms with Crippen LogP contribution < -0.4 is 11.1 Å². The quantitative estimate of drug-likeness (QED) is 0.0283. The summed E-state index contributed by atoms with van der Waals surface area (Å²) in [6.45, 7) is 4.08. The largest absolute Gasteiger partial charge is 0.472 e. The number of hydrogen-bond acceptors (Lipinski definition) is 6. The summed E-state index contributed by atoms with van der Waals surface area (Å²) in [6.07, 6.45) is 42.9. The Morgan fingerprint density at radius 1 is 0.680 bits per heavy atom. The standard InChI is InChI=1S/C41H79N2O6P/c1-3-5-7-9-11-13-15-17-19-21-22-24-26-28-30-32-34-40(44)39(38-49-50(46,47)48-37-36-42)43-41(45)35-33-31-29-27-25-23-20-18-16-14-12-10-8-6-4-2/h6,8,12,14,18,20,39-40,44H,3-5,7,9-11,13,15-17,19,21-38,42H2,1-2H3,(H,43,45)(H,46,47)/b8-6-,14-12-,20-18-. The maximum absolute atomic E-state index is 12.7. The van der Waals surface area contributed by atoms with E-state index in [1.165, 1.54) is 83.5 Å². The highest BCUT2D eigenvalue weighted by Gasteiger charge is 2.27. The molecule has 0 radical (unpaired) electrons. The summed E-state index contributed by atoms with van der Waals surface area (Å²) in [5, 5.41) is 13.8. The first-order valence-electron chi connectivity index (χ1n) is 20.6. The lowest BCUT2D eigenvalue weighted by molar-refractivity contribution is -0.123. The van der Waals surface area contributed by atoms with Gasteiger partial charge in [-0.05, 0) is 44.9 Å². The first kappa shape index (κ1) is 48.7. The van der Waals surface area contributed by atoms with Gasteiger partial charge in [-0.15, -0.1) is 0 Å². The molecule has 0 saturated carbocycles. The third kappa shape index (κ3) is 35.1. The third-order valence-electron chi connectivity index (χ3n) is 9.01. The highest BCUT2D eigenvalue weighted by atomic mass is 31.2. The van der Waals surface area contributed by atoms with E-state index in [0.717, 1.165) is 77.0 Å². The number of nitrogens with two attached hydrogens (primary N) is 1. The lowest BCUT2D eigenvalue weighted by Crippen LogP contribution is -2.46. The van der Waals surface area contributed by atoms with Crippen LogP contribution in [0, 0.1) is 0 Å². The minimum atomic E-state index is -4.32. The lowest BCUT2D eigenvalue weighted by atomic mass is 10.0. The van der Waals surface area contributed by atoms with Crippen LogP contribution >= 0.6 is 7.82 Å². The molecule has 0 heterocycles. The van der Waals surface area contributed by atoms with Gasteiger partial charge in [-0.25, -0.2) is 4.57 Å². The van der Waals surface area contributed by atoms with Crippen molar-refractivity contribution in [1.82, 2.24) is 5.32 Å². The molecule has 0 spiro atoms. The van der Waals surface area contributed by atoms with E-state index in [-0.39, 0.29) is 25.7 Å². The number of phosphoric ester groups is 1. The SMILES string of the molecule is CC/C=C\C/C=C\C/C=C\CCCCCCCC(=O)NC(COP(=O)(O)OCCN)C(O)CCCCCCCCCCCCCCCCCC. The molecule has 0 aliphatic carbocycles. The van der Waals surface area contributed by atoms with Gasteiger partial charge in [-0.2, -0.15) is 0 Å². The molecule has 1 amide bonds. The number of allylic oxidation sites excluding steroid dienone is 6. The van der Waals surface area contributed by atoms with Crippen molar-refractivity contribution >= 4 is 13.7 Å². The molecule has 0 aliphatic rings. The van der Waals surface area contributed by atoms with Crippen molar-refractivity contribution < 1.29 is 28.4 Å². The van der Waals surface area contributed by atoms with Crippen molar-refractivity contribution in [2.75, 3.05) is 19.8 Å². The lowest BCUT2D eigenvalue weighted by Gasteiger charge is -2.25. The third-order valence-corrected chi connectivity index (χ3v) is 9.99. The summed E-state index contributed by atoms with van der Waals surface area (Å²) in [7, 11) is -4.32. The number of amides is 1. The topological polar surface area (TPSA) is 131 Å². The average molecular weight is 727 g/mol. The monoisotopic (exact) mass is 727 g/mol. The molecule has 0 aromatic heterocycles. The van der Waals surface area contributed by atoms with Crippen LogP contribution in [0.5, 0.6) is 0 Å². The van der Waals surface area contributed by atoms with Crippen LogP contribution in [-0.4, -0.2) is 47.8 Å². The minimum Gasteiger partial charge on any atom is -0.391 e. The number of aliphatic hydroxyl groups excluding tert-OH is 1. The van der Waals surface area contributed by atoms with Crippen molar-refractivity contribution in [2.45, 2.75) is 199 Å². The molecule has 0 aromatic carbocycles. The van der Waals surface area contributed by atoms with Crippen LogP contribution in [0.3, 0.4) is 0 Å². The number of aliphatic hydroxyl groups is 1. The van der Waals surface area contributed by atoms with E-state index in [4.69, 9.17) is 14.8 Å². The Morgan fingerprint density at radius 2 is 1.16 bits per heavy atom.